The molecule has 0 spiro atoms. The Bertz CT molecular complexity index is 1680. The summed E-state index contributed by atoms with van der Waals surface area (Å²) in [5.41, 5.74) is 3.33. The van der Waals surface area contributed by atoms with E-state index in [9.17, 15) is 19.2 Å². The van der Waals surface area contributed by atoms with Gasteiger partial charge in [0.1, 0.15) is 10.7 Å². The van der Waals surface area contributed by atoms with E-state index in [0.717, 1.165) is 46.6 Å². The zero-order chi connectivity index (χ0) is 30.9. The number of ether oxygens (including phenoxy) is 1. The molecule has 3 N–H and O–H groups in total. The molecule has 0 bridgehead atoms. The van der Waals surface area contributed by atoms with Gasteiger partial charge in [0.25, 0.3) is 11.8 Å². The van der Waals surface area contributed by atoms with Gasteiger partial charge >= 0.3 is 5.97 Å². The molecule has 2 aromatic heterocycles. The third kappa shape index (κ3) is 8.04. The van der Waals surface area contributed by atoms with Gasteiger partial charge in [0.2, 0.25) is 5.91 Å². The molecule has 0 aliphatic heterocycles. The monoisotopic (exact) mass is 645 g/mol. The van der Waals surface area contributed by atoms with E-state index in [0.29, 0.717) is 21.8 Å². The zero-order valence-electron chi connectivity index (χ0n) is 24.0. The fourth-order valence-electron chi connectivity index (χ4n) is 4.71. The van der Waals surface area contributed by atoms with E-state index in [2.05, 4.69) is 16.0 Å². The summed E-state index contributed by atoms with van der Waals surface area (Å²) in [4.78, 5) is 53.7. The van der Waals surface area contributed by atoms with Crippen molar-refractivity contribution < 1.29 is 23.9 Å². The van der Waals surface area contributed by atoms with E-state index < -0.39 is 17.8 Å². The van der Waals surface area contributed by atoms with Crippen LogP contribution >= 0.6 is 34.4 Å². The SMILES string of the molecule is CCOC(=O)c1c(NC(=O)CSc2cccc(NC(=O)/C(=C/c3ccsc3)NC(=O)c3ccccc3)c2)sc2c1CCCC2. The quantitative estimate of drug-likeness (QED) is 0.0919. The number of hydrogen-bond donors (Lipinski definition) is 3. The summed E-state index contributed by atoms with van der Waals surface area (Å²) in [6.45, 7) is 2.04. The average Bonchev–Trinajstić information content (AvgIpc) is 3.68. The van der Waals surface area contributed by atoms with E-state index in [1.54, 1.807) is 55.5 Å². The Balaban J connectivity index is 1.24. The van der Waals surface area contributed by atoms with Gasteiger partial charge in [-0.25, -0.2) is 4.79 Å². The summed E-state index contributed by atoms with van der Waals surface area (Å²) in [6, 6.07) is 17.7. The highest BCUT2D eigenvalue weighted by Crippen LogP contribution is 2.38. The second kappa shape index (κ2) is 15.0. The number of nitrogens with one attached hydrogen (secondary N) is 3. The number of amides is 3. The number of aryl methyl sites for hydroxylation is 1. The molecule has 4 aromatic rings. The highest BCUT2D eigenvalue weighted by atomic mass is 32.2. The molecule has 11 heteroatoms. The molecule has 2 heterocycles. The molecule has 44 heavy (non-hydrogen) atoms. The molecule has 226 valence electrons. The van der Waals surface area contributed by atoms with Gasteiger partial charge in [-0.1, -0.05) is 24.3 Å². The normalized spacial score (nSPS) is 12.6. The summed E-state index contributed by atoms with van der Waals surface area (Å²) in [6.07, 6.45) is 5.41. The summed E-state index contributed by atoms with van der Waals surface area (Å²) >= 11 is 4.26. The third-order valence-electron chi connectivity index (χ3n) is 6.75. The first-order valence-corrected chi connectivity index (χ1v) is 16.9. The standard InChI is InChI=1S/C33H31N3O5S3/c1-2-41-33(40)29-25-13-6-7-14-27(25)44-32(29)36-28(37)20-43-24-12-8-11-23(18-24)34-31(39)26(17-21-15-16-42-19-21)35-30(38)22-9-4-3-5-10-22/h3-5,8-12,15-19H,2,6-7,13-14,20H2,1H3,(H,34,39)(H,35,38)(H,36,37)/b26-17-. The summed E-state index contributed by atoms with van der Waals surface area (Å²) < 4.78 is 5.29. The van der Waals surface area contributed by atoms with Gasteiger partial charge in [-0.3, -0.25) is 14.4 Å². The molecule has 2 aromatic carbocycles. The number of thioether (sulfide) groups is 1. The van der Waals surface area contributed by atoms with Crippen LogP contribution in [0.5, 0.6) is 0 Å². The van der Waals surface area contributed by atoms with Gasteiger partial charge < -0.3 is 20.7 Å². The van der Waals surface area contributed by atoms with E-state index >= 15 is 0 Å². The van der Waals surface area contributed by atoms with Gasteiger partial charge in [-0.15, -0.1) is 23.1 Å². The summed E-state index contributed by atoms with van der Waals surface area (Å²) in [5, 5.41) is 12.8. The van der Waals surface area contributed by atoms with E-state index in [1.807, 2.05) is 29.0 Å². The Morgan fingerprint density at radius 2 is 1.80 bits per heavy atom. The lowest BCUT2D eigenvalue weighted by molar-refractivity contribution is -0.114. The second-order valence-electron chi connectivity index (χ2n) is 9.89. The predicted molar refractivity (Wildman–Crippen MR) is 178 cm³/mol. The molecular weight excluding hydrogens is 615 g/mol. The number of esters is 1. The van der Waals surface area contributed by atoms with Crippen LogP contribution in [0.2, 0.25) is 0 Å². The minimum Gasteiger partial charge on any atom is -0.462 e. The Kier molecular flexibility index (Phi) is 10.7. The van der Waals surface area contributed by atoms with Gasteiger partial charge in [0.15, 0.2) is 0 Å². The number of carbonyl (C=O) groups excluding carboxylic acids is 4. The van der Waals surface area contributed by atoms with E-state index in [-0.39, 0.29) is 24.0 Å². The molecule has 5 rings (SSSR count). The average molecular weight is 646 g/mol. The lowest BCUT2D eigenvalue weighted by atomic mass is 9.95. The number of hydrogen-bond acceptors (Lipinski definition) is 8. The Morgan fingerprint density at radius 3 is 2.57 bits per heavy atom. The maximum absolute atomic E-state index is 13.3. The van der Waals surface area contributed by atoms with Crippen molar-refractivity contribution in [2.45, 2.75) is 37.5 Å². The molecule has 3 amide bonds. The van der Waals surface area contributed by atoms with Crippen molar-refractivity contribution in [1.82, 2.24) is 5.32 Å². The lowest BCUT2D eigenvalue weighted by Crippen LogP contribution is -2.30. The molecule has 0 saturated carbocycles. The summed E-state index contributed by atoms with van der Waals surface area (Å²) in [5.74, 6) is -1.40. The number of fused-ring (bicyclic) bond motifs is 1. The molecular formula is C33H31N3O5S3. The first-order valence-electron chi connectivity index (χ1n) is 14.2. The first kappa shape index (κ1) is 31.2. The van der Waals surface area contributed by atoms with Crippen LogP contribution < -0.4 is 16.0 Å². The molecule has 1 aliphatic rings. The summed E-state index contributed by atoms with van der Waals surface area (Å²) in [7, 11) is 0. The van der Waals surface area contributed by atoms with Crippen molar-refractivity contribution in [3.8, 4) is 0 Å². The Morgan fingerprint density at radius 1 is 0.977 bits per heavy atom. The van der Waals surface area contributed by atoms with Crippen LogP contribution in [0.1, 0.15) is 56.5 Å². The second-order valence-corrected chi connectivity index (χ2v) is 12.8. The number of carbonyl (C=O) groups is 4. The maximum atomic E-state index is 13.3. The largest absolute Gasteiger partial charge is 0.462 e. The van der Waals surface area contributed by atoms with Gasteiger partial charge in [-0.05, 0) is 97.0 Å². The van der Waals surface area contributed by atoms with Crippen molar-refractivity contribution >= 4 is 74.9 Å². The fourth-order valence-corrected chi connectivity index (χ4v) is 7.38. The van der Waals surface area contributed by atoms with Crippen LogP contribution in [-0.4, -0.2) is 36.1 Å². The molecule has 8 nitrogen and oxygen atoms in total. The van der Waals surface area contributed by atoms with Crippen LogP contribution in [0.3, 0.4) is 0 Å². The smallest absolute Gasteiger partial charge is 0.341 e. The number of anilines is 2. The minimum atomic E-state index is -0.478. The Labute approximate surface area is 267 Å². The molecule has 0 atom stereocenters. The van der Waals surface area contributed by atoms with Crippen LogP contribution in [0.25, 0.3) is 6.08 Å². The van der Waals surface area contributed by atoms with Crippen molar-refractivity contribution in [2.24, 2.45) is 0 Å². The van der Waals surface area contributed by atoms with Crippen molar-refractivity contribution in [2.75, 3.05) is 23.0 Å². The molecule has 0 unspecified atom stereocenters. The topological polar surface area (TPSA) is 114 Å². The van der Waals surface area contributed by atoms with E-state index in [1.165, 1.54) is 34.4 Å². The first-order chi connectivity index (χ1) is 21.4. The fraction of sp³-hybridized carbons (Fsp3) is 0.212. The molecule has 0 fully saturated rings. The van der Waals surface area contributed by atoms with E-state index in [4.69, 9.17) is 4.74 Å². The number of thiophene rings is 2. The zero-order valence-corrected chi connectivity index (χ0v) is 26.5. The maximum Gasteiger partial charge on any atom is 0.341 e. The van der Waals surface area contributed by atoms with Gasteiger partial charge in [-0.2, -0.15) is 11.3 Å². The highest BCUT2D eigenvalue weighted by molar-refractivity contribution is 8.00. The van der Waals surface area contributed by atoms with Crippen molar-refractivity contribution in [1.29, 1.82) is 0 Å². The number of benzene rings is 2. The predicted octanol–water partition coefficient (Wildman–Crippen LogP) is 7.01. The minimum absolute atomic E-state index is 0.103. The van der Waals surface area contributed by atoms with Crippen molar-refractivity contribution in [3.63, 3.8) is 0 Å². The highest BCUT2D eigenvalue weighted by Gasteiger charge is 2.27. The van der Waals surface area contributed by atoms with Gasteiger partial charge in [0, 0.05) is 21.0 Å². The van der Waals surface area contributed by atoms with Gasteiger partial charge in [0.05, 0.1) is 17.9 Å². The van der Waals surface area contributed by atoms with Crippen LogP contribution in [-0.2, 0) is 27.2 Å². The Hall–Kier alpha value is -4.19. The number of rotatable bonds is 11. The van der Waals surface area contributed by atoms with Crippen molar-refractivity contribution in [3.05, 3.63) is 104 Å². The third-order valence-corrected chi connectivity index (χ3v) is 9.65. The van der Waals surface area contributed by atoms with Crippen LogP contribution in [0, 0.1) is 0 Å². The lowest BCUT2D eigenvalue weighted by Gasteiger charge is -2.12. The van der Waals surface area contributed by atoms with Crippen LogP contribution in [0.15, 0.2) is 82.0 Å². The molecule has 1 aliphatic carbocycles. The van der Waals surface area contributed by atoms with Crippen LogP contribution in [0.4, 0.5) is 10.7 Å². The molecule has 0 saturated heterocycles. The molecule has 0 radical (unpaired) electrons.